The van der Waals surface area contributed by atoms with Crippen LogP contribution in [0.3, 0.4) is 0 Å². The lowest BCUT2D eigenvalue weighted by molar-refractivity contribution is 0.622. The maximum absolute atomic E-state index is 13.1. The van der Waals surface area contributed by atoms with E-state index in [2.05, 4.69) is 10.2 Å². The summed E-state index contributed by atoms with van der Waals surface area (Å²) in [4.78, 5) is 0. The van der Waals surface area contributed by atoms with Gasteiger partial charge >= 0.3 is 0 Å². The molecule has 16 heavy (non-hydrogen) atoms. The molecule has 3 nitrogen and oxygen atoms in total. The molecule has 1 aromatic carbocycles. The molecular weight excluding hydrogens is 205 g/mol. The van der Waals surface area contributed by atoms with Crippen molar-refractivity contribution in [3.05, 3.63) is 59.2 Å². The highest BCUT2D eigenvalue weighted by Crippen LogP contribution is 2.22. The number of benzene rings is 1. The fourth-order valence-electron chi connectivity index (χ4n) is 1.61. The largest absolute Gasteiger partial charge is 0.320 e. The molecule has 2 N–H and O–H groups in total. The van der Waals surface area contributed by atoms with E-state index in [9.17, 15) is 4.39 Å². The van der Waals surface area contributed by atoms with Crippen molar-refractivity contribution in [1.82, 2.24) is 10.2 Å². The molecule has 0 saturated heterocycles. The Morgan fingerprint density at radius 3 is 2.75 bits per heavy atom. The maximum atomic E-state index is 13.1. The molecule has 0 saturated carbocycles. The van der Waals surface area contributed by atoms with Gasteiger partial charge in [-0.05, 0) is 41.8 Å². The van der Waals surface area contributed by atoms with Crippen LogP contribution < -0.4 is 5.73 Å². The third-order valence-corrected chi connectivity index (χ3v) is 2.54. The smallest absolute Gasteiger partial charge is 0.123 e. The van der Waals surface area contributed by atoms with Crippen molar-refractivity contribution in [2.75, 3.05) is 0 Å². The number of aryl methyl sites for hydroxylation is 1. The quantitative estimate of drug-likeness (QED) is 0.836. The average molecular weight is 217 g/mol. The summed E-state index contributed by atoms with van der Waals surface area (Å²) in [6, 6.07) is 6.02. The molecule has 0 spiro atoms. The van der Waals surface area contributed by atoms with Crippen LogP contribution in [0.25, 0.3) is 0 Å². The number of hydrogen-bond donors (Lipinski definition) is 1. The molecule has 0 amide bonds. The highest BCUT2D eigenvalue weighted by Gasteiger charge is 2.12. The molecule has 2 aromatic rings. The Morgan fingerprint density at radius 2 is 2.06 bits per heavy atom. The van der Waals surface area contributed by atoms with Crippen molar-refractivity contribution in [3.8, 4) is 0 Å². The summed E-state index contributed by atoms with van der Waals surface area (Å²) in [5, 5.41) is 7.44. The van der Waals surface area contributed by atoms with Gasteiger partial charge in [0.2, 0.25) is 0 Å². The van der Waals surface area contributed by atoms with Gasteiger partial charge in [-0.15, -0.1) is 0 Å². The second-order valence-electron chi connectivity index (χ2n) is 3.65. The molecule has 4 heteroatoms. The molecule has 0 radical (unpaired) electrons. The van der Waals surface area contributed by atoms with Gasteiger partial charge in [-0.3, -0.25) is 0 Å². The van der Waals surface area contributed by atoms with Crippen LogP contribution in [-0.4, -0.2) is 10.2 Å². The van der Waals surface area contributed by atoms with Gasteiger partial charge in [0.05, 0.1) is 12.2 Å². The van der Waals surface area contributed by atoms with Gasteiger partial charge in [0.1, 0.15) is 5.82 Å². The molecule has 1 atom stereocenters. The minimum atomic E-state index is -0.369. The summed E-state index contributed by atoms with van der Waals surface area (Å²) in [5.74, 6) is -0.280. The van der Waals surface area contributed by atoms with Crippen molar-refractivity contribution in [3.63, 3.8) is 0 Å². The molecule has 82 valence electrons. The Morgan fingerprint density at radius 1 is 1.25 bits per heavy atom. The van der Waals surface area contributed by atoms with Gasteiger partial charge in [-0.25, -0.2) is 4.39 Å². The fraction of sp³-hybridized carbons (Fsp3) is 0.167. The lowest BCUT2D eigenvalue weighted by atomic mass is 9.97. The first-order valence-corrected chi connectivity index (χ1v) is 4.96. The summed E-state index contributed by atoms with van der Waals surface area (Å²) < 4.78 is 13.1. The standard InChI is InChI=1S/C12H12FN3/c1-8-2-3-10(13)6-11(8)12(14)9-4-5-15-16-7-9/h2-7,12H,14H2,1H3. The van der Waals surface area contributed by atoms with Gasteiger partial charge < -0.3 is 5.73 Å². The van der Waals surface area contributed by atoms with Gasteiger partial charge in [0.25, 0.3) is 0 Å². The van der Waals surface area contributed by atoms with Crippen LogP contribution in [0.2, 0.25) is 0 Å². The van der Waals surface area contributed by atoms with E-state index in [1.807, 2.05) is 6.92 Å². The molecule has 0 fully saturated rings. The Kier molecular flexibility index (Phi) is 2.92. The van der Waals surface area contributed by atoms with Crippen molar-refractivity contribution >= 4 is 0 Å². The zero-order valence-corrected chi connectivity index (χ0v) is 8.89. The monoisotopic (exact) mass is 217 g/mol. The predicted octanol–water partition coefficient (Wildman–Crippen LogP) is 1.97. The second-order valence-corrected chi connectivity index (χ2v) is 3.65. The normalized spacial score (nSPS) is 12.4. The molecular formula is C12H12FN3. The second kappa shape index (κ2) is 4.37. The molecule has 0 aliphatic heterocycles. The van der Waals surface area contributed by atoms with Crippen LogP contribution in [0.4, 0.5) is 4.39 Å². The summed E-state index contributed by atoms with van der Waals surface area (Å²) in [6.07, 6.45) is 3.17. The first kappa shape index (κ1) is 10.7. The minimum absolute atomic E-state index is 0.280. The molecule has 1 unspecified atom stereocenters. The first-order chi connectivity index (χ1) is 7.68. The first-order valence-electron chi connectivity index (χ1n) is 4.96. The van der Waals surface area contributed by atoms with E-state index in [1.165, 1.54) is 12.1 Å². The van der Waals surface area contributed by atoms with E-state index in [0.717, 1.165) is 16.7 Å². The number of halogens is 1. The topological polar surface area (TPSA) is 51.8 Å². The summed E-state index contributed by atoms with van der Waals surface area (Å²) in [7, 11) is 0. The number of hydrogen-bond acceptors (Lipinski definition) is 3. The number of rotatable bonds is 2. The van der Waals surface area contributed by atoms with E-state index in [0.29, 0.717) is 0 Å². The number of nitrogens with two attached hydrogens (primary N) is 1. The van der Waals surface area contributed by atoms with E-state index >= 15 is 0 Å². The summed E-state index contributed by atoms with van der Waals surface area (Å²) in [5.41, 5.74) is 8.61. The molecule has 1 heterocycles. The lowest BCUT2D eigenvalue weighted by Gasteiger charge is -2.14. The van der Waals surface area contributed by atoms with Crippen molar-refractivity contribution in [1.29, 1.82) is 0 Å². The molecule has 1 aromatic heterocycles. The summed E-state index contributed by atoms with van der Waals surface area (Å²) >= 11 is 0. The van der Waals surface area contributed by atoms with Gasteiger partial charge in [0, 0.05) is 6.20 Å². The summed E-state index contributed by atoms with van der Waals surface area (Å²) in [6.45, 7) is 1.91. The van der Waals surface area contributed by atoms with Crippen molar-refractivity contribution in [2.24, 2.45) is 5.73 Å². The zero-order valence-electron chi connectivity index (χ0n) is 8.89. The Hall–Kier alpha value is -1.81. The highest BCUT2D eigenvalue weighted by atomic mass is 19.1. The van der Waals surface area contributed by atoms with E-state index in [-0.39, 0.29) is 11.9 Å². The average Bonchev–Trinajstić information content (AvgIpc) is 2.32. The molecule has 0 aliphatic rings. The Bertz CT molecular complexity index is 485. The Labute approximate surface area is 93.1 Å². The predicted molar refractivity (Wildman–Crippen MR) is 59.2 cm³/mol. The highest BCUT2D eigenvalue weighted by molar-refractivity contribution is 5.35. The molecule has 0 bridgehead atoms. The number of nitrogens with zero attached hydrogens (tertiary/aromatic N) is 2. The molecule has 2 rings (SSSR count). The van der Waals surface area contributed by atoms with Crippen LogP contribution in [0.5, 0.6) is 0 Å². The van der Waals surface area contributed by atoms with Gasteiger partial charge in [-0.1, -0.05) is 6.07 Å². The third kappa shape index (κ3) is 2.06. The number of aromatic nitrogens is 2. The van der Waals surface area contributed by atoms with Crippen LogP contribution in [0.1, 0.15) is 22.7 Å². The van der Waals surface area contributed by atoms with E-state index < -0.39 is 0 Å². The van der Waals surface area contributed by atoms with Crippen LogP contribution in [0.15, 0.2) is 36.7 Å². The fourth-order valence-corrected chi connectivity index (χ4v) is 1.61. The van der Waals surface area contributed by atoms with E-state index in [4.69, 9.17) is 5.73 Å². The van der Waals surface area contributed by atoms with Crippen LogP contribution in [0, 0.1) is 12.7 Å². The third-order valence-electron chi connectivity index (χ3n) is 2.54. The van der Waals surface area contributed by atoms with Gasteiger partial charge in [0.15, 0.2) is 0 Å². The SMILES string of the molecule is Cc1ccc(F)cc1C(N)c1ccnnc1. The van der Waals surface area contributed by atoms with Crippen molar-refractivity contribution < 1.29 is 4.39 Å². The van der Waals surface area contributed by atoms with Crippen molar-refractivity contribution in [2.45, 2.75) is 13.0 Å². The van der Waals surface area contributed by atoms with E-state index in [1.54, 1.807) is 24.5 Å². The maximum Gasteiger partial charge on any atom is 0.123 e. The molecule has 0 aliphatic carbocycles. The zero-order chi connectivity index (χ0) is 11.5. The Balaban J connectivity index is 2.41. The van der Waals surface area contributed by atoms with Gasteiger partial charge in [-0.2, -0.15) is 10.2 Å². The lowest BCUT2D eigenvalue weighted by Crippen LogP contribution is -2.14. The van der Waals surface area contributed by atoms with Crippen LogP contribution in [-0.2, 0) is 0 Å². The minimum Gasteiger partial charge on any atom is -0.320 e. The van der Waals surface area contributed by atoms with Crippen LogP contribution >= 0.6 is 0 Å².